The van der Waals surface area contributed by atoms with Gasteiger partial charge in [0.05, 0.1) is 16.4 Å². The Morgan fingerprint density at radius 3 is 2.79 bits per heavy atom. The van der Waals surface area contributed by atoms with Crippen molar-refractivity contribution in [1.29, 1.82) is 0 Å². The van der Waals surface area contributed by atoms with E-state index in [0.717, 1.165) is 5.56 Å². The molecule has 1 aliphatic rings. The van der Waals surface area contributed by atoms with Gasteiger partial charge in [-0.15, -0.1) is 0 Å². The Hall–Kier alpha value is -1.47. The summed E-state index contributed by atoms with van der Waals surface area (Å²) in [6.07, 6.45) is 0.574. The summed E-state index contributed by atoms with van der Waals surface area (Å²) in [6.45, 7) is 2.29. The van der Waals surface area contributed by atoms with E-state index in [2.05, 4.69) is 5.32 Å². The lowest BCUT2D eigenvalue weighted by Crippen LogP contribution is -2.42. The van der Waals surface area contributed by atoms with Crippen LogP contribution in [0, 0.1) is 10.1 Å². The van der Waals surface area contributed by atoms with Gasteiger partial charge in [0.1, 0.15) is 0 Å². The predicted octanol–water partition coefficient (Wildman–Crippen LogP) is 1.26. The van der Waals surface area contributed by atoms with Gasteiger partial charge >= 0.3 is 0 Å². The van der Waals surface area contributed by atoms with Crippen LogP contribution in [0.2, 0.25) is 0 Å². The number of sulfone groups is 1. The molecule has 1 atom stereocenters. The number of hydrogen-bond donors (Lipinski definition) is 1. The smallest absolute Gasteiger partial charge is 0.269 e. The van der Waals surface area contributed by atoms with Gasteiger partial charge in [-0.2, -0.15) is 0 Å². The number of hydrogen-bond acceptors (Lipinski definition) is 5. The van der Waals surface area contributed by atoms with Crippen LogP contribution in [-0.2, 0) is 16.4 Å². The molecule has 1 aliphatic heterocycles. The third-order valence-electron chi connectivity index (χ3n) is 3.34. The maximum absolute atomic E-state index is 11.5. The van der Waals surface area contributed by atoms with Crippen molar-refractivity contribution in [2.75, 3.05) is 11.5 Å². The fourth-order valence-corrected chi connectivity index (χ4v) is 4.37. The Balaban J connectivity index is 2.03. The van der Waals surface area contributed by atoms with Crippen LogP contribution in [-0.4, -0.2) is 30.4 Å². The number of rotatable bonds is 4. The van der Waals surface area contributed by atoms with Crippen molar-refractivity contribution in [2.45, 2.75) is 25.4 Å². The summed E-state index contributed by atoms with van der Waals surface area (Å²) in [5, 5.41) is 13.9. The number of nitro benzene ring substituents is 1. The average Bonchev–Trinajstić information content (AvgIpc) is 2.62. The van der Waals surface area contributed by atoms with E-state index < -0.39 is 20.3 Å². The third kappa shape index (κ3) is 3.51. The lowest BCUT2D eigenvalue weighted by Gasteiger charge is -2.23. The fourth-order valence-electron chi connectivity index (χ4n) is 2.25. The molecule has 0 aliphatic carbocycles. The first kappa shape index (κ1) is 14.0. The van der Waals surface area contributed by atoms with E-state index in [1.54, 1.807) is 12.1 Å². The van der Waals surface area contributed by atoms with Crippen molar-refractivity contribution in [3.8, 4) is 0 Å². The van der Waals surface area contributed by atoms with E-state index in [-0.39, 0.29) is 17.2 Å². The van der Waals surface area contributed by atoms with Crippen LogP contribution in [0.15, 0.2) is 24.3 Å². The highest BCUT2D eigenvalue weighted by Gasteiger charge is 2.37. The Morgan fingerprint density at radius 2 is 2.21 bits per heavy atom. The van der Waals surface area contributed by atoms with E-state index in [9.17, 15) is 18.5 Å². The zero-order valence-corrected chi connectivity index (χ0v) is 11.4. The molecule has 6 nitrogen and oxygen atoms in total. The molecule has 0 aromatic heterocycles. The molecule has 0 saturated carbocycles. The second-order valence-corrected chi connectivity index (χ2v) is 7.37. The standard InChI is InChI=1S/C12H16N2O4S/c1-12(5-6-19(17,18)9-12)13-8-10-3-2-4-11(7-10)14(15)16/h2-4,7,13H,5-6,8-9H2,1H3. The monoisotopic (exact) mass is 284 g/mol. The lowest BCUT2D eigenvalue weighted by molar-refractivity contribution is -0.384. The van der Waals surface area contributed by atoms with Gasteiger partial charge in [-0.3, -0.25) is 10.1 Å². The minimum Gasteiger partial charge on any atom is -0.306 e. The summed E-state index contributed by atoms with van der Waals surface area (Å²) in [5.41, 5.74) is 0.381. The van der Waals surface area contributed by atoms with Crippen LogP contribution in [0.25, 0.3) is 0 Å². The number of nitrogens with zero attached hydrogens (tertiary/aromatic N) is 1. The molecule has 0 spiro atoms. The van der Waals surface area contributed by atoms with Crippen molar-refractivity contribution in [1.82, 2.24) is 5.32 Å². The molecule has 1 saturated heterocycles. The van der Waals surface area contributed by atoms with Gasteiger partial charge in [0.2, 0.25) is 0 Å². The Bertz CT molecular complexity index is 600. The Morgan fingerprint density at radius 1 is 1.47 bits per heavy atom. The van der Waals surface area contributed by atoms with E-state index in [1.165, 1.54) is 12.1 Å². The summed E-state index contributed by atoms with van der Waals surface area (Å²) in [7, 11) is -2.95. The molecule has 1 fully saturated rings. The van der Waals surface area contributed by atoms with Crippen LogP contribution in [0.4, 0.5) is 5.69 Å². The van der Waals surface area contributed by atoms with Crippen molar-refractivity contribution in [3.63, 3.8) is 0 Å². The van der Waals surface area contributed by atoms with Crippen molar-refractivity contribution in [2.24, 2.45) is 0 Å². The summed E-state index contributed by atoms with van der Waals surface area (Å²) >= 11 is 0. The molecule has 1 aromatic carbocycles. The molecule has 1 aromatic rings. The molecule has 2 rings (SSSR count). The quantitative estimate of drug-likeness (QED) is 0.664. The van der Waals surface area contributed by atoms with E-state index >= 15 is 0 Å². The van der Waals surface area contributed by atoms with Gasteiger partial charge in [0.25, 0.3) is 5.69 Å². The molecule has 19 heavy (non-hydrogen) atoms. The summed E-state index contributed by atoms with van der Waals surface area (Å²) < 4.78 is 22.9. The number of nitro groups is 1. The van der Waals surface area contributed by atoms with Crippen molar-refractivity contribution in [3.05, 3.63) is 39.9 Å². The zero-order valence-electron chi connectivity index (χ0n) is 10.6. The zero-order chi connectivity index (χ0) is 14.1. The van der Waals surface area contributed by atoms with Gasteiger partial charge in [-0.25, -0.2) is 8.42 Å². The second kappa shape index (κ2) is 4.90. The third-order valence-corrected chi connectivity index (χ3v) is 5.25. The predicted molar refractivity (Wildman–Crippen MR) is 71.6 cm³/mol. The second-order valence-electron chi connectivity index (χ2n) is 5.18. The number of benzene rings is 1. The van der Waals surface area contributed by atoms with Crippen LogP contribution < -0.4 is 5.32 Å². The molecule has 7 heteroatoms. The summed E-state index contributed by atoms with van der Waals surface area (Å²) in [5.74, 6) is 0.320. The molecular formula is C12H16N2O4S. The normalized spacial score (nSPS) is 25.3. The number of nitrogens with one attached hydrogen (secondary N) is 1. The van der Waals surface area contributed by atoms with Crippen LogP contribution in [0.3, 0.4) is 0 Å². The van der Waals surface area contributed by atoms with E-state index in [0.29, 0.717) is 13.0 Å². The van der Waals surface area contributed by atoms with Gasteiger partial charge in [0, 0.05) is 24.2 Å². The van der Waals surface area contributed by atoms with Gasteiger partial charge in [-0.1, -0.05) is 12.1 Å². The highest BCUT2D eigenvalue weighted by molar-refractivity contribution is 7.91. The van der Waals surface area contributed by atoms with Crippen LogP contribution >= 0.6 is 0 Å². The number of non-ortho nitro benzene ring substituents is 1. The molecule has 0 radical (unpaired) electrons. The van der Waals surface area contributed by atoms with Crippen molar-refractivity contribution >= 4 is 15.5 Å². The Kier molecular flexibility index (Phi) is 3.60. The van der Waals surface area contributed by atoms with Gasteiger partial charge in [0.15, 0.2) is 9.84 Å². The molecule has 104 valence electrons. The van der Waals surface area contributed by atoms with E-state index in [1.807, 2.05) is 6.92 Å². The minimum atomic E-state index is -2.95. The van der Waals surface area contributed by atoms with Crippen LogP contribution in [0.5, 0.6) is 0 Å². The summed E-state index contributed by atoms with van der Waals surface area (Å²) in [4.78, 5) is 10.2. The van der Waals surface area contributed by atoms with E-state index in [4.69, 9.17) is 0 Å². The van der Waals surface area contributed by atoms with Crippen LogP contribution in [0.1, 0.15) is 18.9 Å². The highest BCUT2D eigenvalue weighted by atomic mass is 32.2. The largest absolute Gasteiger partial charge is 0.306 e. The minimum absolute atomic E-state index is 0.0449. The first-order chi connectivity index (χ1) is 8.80. The van der Waals surface area contributed by atoms with Gasteiger partial charge < -0.3 is 5.32 Å². The molecule has 0 amide bonds. The Labute approximate surface area is 111 Å². The highest BCUT2D eigenvalue weighted by Crippen LogP contribution is 2.23. The lowest BCUT2D eigenvalue weighted by atomic mass is 10.0. The molecule has 1 unspecified atom stereocenters. The first-order valence-electron chi connectivity index (χ1n) is 5.99. The van der Waals surface area contributed by atoms with Gasteiger partial charge in [-0.05, 0) is 18.9 Å². The first-order valence-corrected chi connectivity index (χ1v) is 7.81. The summed E-state index contributed by atoms with van der Waals surface area (Å²) in [6, 6.07) is 6.35. The maximum atomic E-state index is 11.5. The maximum Gasteiger partial charge on any atom is 0.269 e. The SMILES string of the molecule is CC1(NCc2cccc([N+](=O)[O-])c2)CCS(=O)(=O)C1. The molecular weight excluding hydrogens is 268 g/mol. The molecule has 1 N–H and O–H groups in total. The molecule has 1 heterocycles. The topological polar surface area (TPSA) is 89.3 Å². The fraction of sp³-hybridized carbons (Fsp3) is 0.500. The molecule has 0 bridgehead atoms. The van der Waals surface area contributed by atoms with Crippen molar-refractivity contribution < 1.29 is 13.3 Å². The average molecular weight is 284 g/mol.